The molecule has 35 heavy (non-hydrogen) atoms. The van der Waals surface area contributed by atoms with Gasteiger partial charge in [-0.1, -0.05) is 25.5 Å². The van der Waals surface area contributed by atoms with Crippen molar-refractivity contribution in [3.63, 3.8) is 0 Å². The molecule has 2 heterocycles. The highest BCUT2D eigenvalue weighted by atomic mass is 32.2. The number of aryl methyl sites for hydroxylation is 1. The SMILES string of the molecule is CCN(CC)S(=O)(=O)c1ccc2c(c1)C[C@H](C(=O)NCCc1c[nH]c3ccc(C)cc13)N2C(C)=O. The molecule has 9 heteroatoms. The van der Waals surface area contributed by atoms with Gasteiger partial charge in [-0.25, -0.2) is 8.42 Å². The van der Waals surface area contributed by atoms with Crippen LogP contribution in [0.25, 0.3) is 10.9 Å². The van der Waals surface area contributed by atoms with Crippen LogP contribution in [0.3, 0.4) is 0 Å². The predicted molar refractivity (Wildman–Crippen MR) is 137 cm³/mol. The van der Waals surface area contributed by atoms with Crippen molar-refractivity contribution in [2.45, 2.75) is 51.5 Å². The maximum absolute atomic E-state index is 13.1. The smallest absolute Gasteiger partial charge is 0.243 e. The van der Waals surface area contributed by atoms with Crippen LogP contribution >= 0.6 is 0 Å². The van der Waals surface area contributed by atoms with E-state index >= 15 is 0 Å². The lowest BCUT2D eigenvalue weighted by molar-refractivity contribution is -0.125. The second-order valence-corrected chi connectivity index (χ2v) is 10.8. The lowest BCUT2D eigenvalue weighted by atomic mass is 10.1. The van der Waals surface area contributed by atoms with Gasteiger partial charge in [-0.05, 0) is 54.8 Å². The van der Waals surface area contributed by atoms with Crippen LogP contribution in [0.4, 0.5) is 5.69 Å². The quantitative estimate of drug-likeness (QED) is 0.500. The van der Waals surface area contributed by atoms with E-state index in [2.05, 4.69) is 22.4 Å². The number of nitrogens with one attached hydrogen (secondary N) is 2. The molecule has 1 aromatic heterocycles. The molecule has 3 aromatic rings. The Morgan fingerprint density at radius 3 is 2.57 bits per heavy atom. The molecule has 0 aliphatic carbocycles. The summed E-state index contributed by atoms with van der Waals surface area (Å²) in [7, 11) is -3.63. The van der Waals surface area contributed by atoms with Gasteiger partial charge in [0.15, 0.2) is 0 Å². The molecule has 1 aliphatic rings. The molecule has 2 amide bonds. The molecule has 4 rings (SSSR count). The highest BCUT2D eigenvalue weighted by Crippen LogP contribution is 2.35. The molecule has 2 N–H and O–H groups in total. The topological polar surface area (TPSA) is 103 Å². The highest BCUT2D eigenvalue weighted by molar-refractivity contribution is 7.89. The molecule has 0 saturated heterocycles. The van der Waals surface area contributed by atoms with Gasteiger partial charge in [0.1, 0.15) is 6.04 Å². The van der Waals surface area contributed by atoms with Crippen molar-refractivity contribution in [2.75, 3.05) is 24.5 Å². The maximum atomic E-state index is 13.1. The summed E-state index contributed by atoms with van der Waals surface area (Å²) >= 11 is 0. The van der Waals surface area contributed by atoms with Gasteiger partial charge >= 0.3 is 0 Å². The summed E-state index contributed by atoms with van der Waals surface area (Å²) in [6.45, 7) is 8.23. The van der Waals surface area contributed by atoms with Crippen molar-refractivity contribution >= 4 is 38.4 Å². The second-order valence-electron chi connectivity index (χ2n) is 8.89. The third kappa shape index (κ3) is 4.70. The van der Waals surface area contributed by atoms with Crippen LogP contribution in [0.15, 0.2) is 47.5 Å². The third-order valence-electron chi connectivity index (χ3n) is 6.64. The summed E-state index contributed by atoms with van der Waals surface area (Å²) in [6.07, 6.45) is 2.89. The molecule has 0 fully saturated rings. The first-order valence-corrected chi connectivity index (χ1v) is 13.4. The molecule has 1 aliphatic heterocycles. The van der Waals surface area contributed by atoms with E-state index in [4.69, 9.17) is 0 Å². The number of amides is 2. The number of rotatable bonds is 8. The molecule has 0 bridgehead atoms. The number of aromatic nitrogens is 1. The number of aromatic amines is 1. The van der Waals surface area contributed by atoms with Crippen molar-refractivity contribution < 1.29 is 18.0 Å². The van der Waals surface area contributed by atoms with Crippen LogP contribution < -0.4 is 10.2 Å². The number of H-pyrrole nitrogens is 1. The fraction of sp³-hybridized carbons (Fsp3) is 0.385. The van der Waals surface area contributed by atoms with Crippen LogP contribution in [0, 0.1) is 6.92 Å². The van der Waals surface area contributed by atoms with Crippen LogP contribution in [-0.4, -0.2) is 55.2 Å². The van der Waals surface area contributed by atoms with E-state index in [0.29, 0.717) is 37.3 Å². The molecule has 1 atom stereocenters. The van der Waals surface area contributed by atoms with Gasteiger partial charge in [0, 0.05) is 55.8 Å². The van der Waals surface area contributed by atoms with E-state index in [1.54, 1.807) is 26.0 Å². The summed E-state index contributed by atoms with van der Waals surface area (Å²) in [5, 5.41) is 4.11. The number of fused-ring (bicyclic) bond motifs is 2. The predicted octanol–water partition coefficient (Wildman–Crippen LogP) is 3.14. The van der Waals surface area contributed by atoms with E-state index in [1.165, 1.54) is 27.8 Å². The van der Waals surface area contributed by atoms with E-state index in [0.717, 1.165) is 16.5 Å². The maximum Gasteiger partial charge on any atom is 0.243 e. The average molecular weight is 497 g/mol. The van der Waals surface area contributed by atoms with Gasteiger partial charge in [0.05, 0.1) is 4.90 Å². The largest absolute Gasteiger partial charge is 0.361 e. The van der Waals surface area contributed by atoms with Crippen LogP contribution in [-0.2, 0) is 32.5 Å². The Bertz CT molecular complexity index is 1380. The van der Waals surface area contributed by atoms with Crippen LogP contribution in [0.1, 0.15) is 37.5 Å². The summed E-state index contributed by atoms with van der Waals surface area (Å²) < 4.78 is 27.3. The Balaban J connectivity index is 1.50. The summed E-state index contributed by atoms with van der Waals surface area (Å²) in [6, 6.07) is 10.3. The van der Waals surface area contributed by atoms with Gasteiger partial charge in [-0.3, -0.25) is 14.5 Å². The number of nitrogens with zero attached hydrogens (tertiary/aromatic N) is 2. The minimum atomic E-state index is -3.63. The van der Waals surface area contributed by atoms with E-state index < -0.39 is 16.1 Å². The second kappa shape index (κ2) is 9.83. The summed E-state index contributed by atoms with van der Waals surface area (Å²) in [5.41, 5.74) is 4.62. The zero-order valence-electron chi connectivity index (χ0n) is 20.6. The standard InChI is InChI=1S/C26H32N4O4S/c1-5-29(6-2)35(33,34)21-8-10-24-20(14-21)15-25(30(24)18(4)31)26(32)27-12-11-19-16-28-23-9-7-17(3)13-22(19)23/h7-10,13-14,16,25,28H,5-6,11-12,15H2,1-4H3,(H,27,32)/t25-/m1/s1. The van der Waals surface area contributed by atoms with Gasteiger partial charge in [0.2, 0.25) is 21.8 Å². The van der Waals surface area contributed by atoms with E-state index in [9.17, 15) is 18.0 Å². The Hall–Kier alpha value is -3.17. The molecular weight excluding hydrogens is 464 g/mol. The number of hydrogen-bond donors (Lipinski definition) is 2. The van der Waals surface area contributed by atoms with Gasteiger partial charge in [-0.2, -0.15) is 4.31 Å². The third-order valence-corrected chi connectivity index (χ3v) is 8.68. The van der Waals surface area contributed by atoms with Crippen LogP contribution in [0.2, 0.25) is 0 Å². The minimum Gasteiger partial charge on any atom is -0.361 e. The highest BCUT2D eigenvalue weighted by Gasteiger charge is 2.37. The van der Waals surface area contributed by atoms with Crippen molar-refractivity contribution in [1.82, 2.24) is 14.6 Å². The fourth-order valence-corrected chi connectivity index (χ4v) is 6.35. The van der Waals surface area contributed by atoms with Gasteiger partial charge in [-0.15, -0.1) is 0 Å². The zero-order valence-corrected chi connectivity index (χ0v) is 21.4. The minimum absolute atomic E-state index is 0.180. The first-order valence-electron chi connectivity index (χ1n) is 11.9. The van der Waals surface area contributed by atoms with Crippen molar-refractivity contribution in [3.8, 4) is 0 Å². The lowest BCUT2D eigenvalue weighted by Gasteiger charge is -2.23. The van der Waals surface area contributed by atoms with E-state index in [1.807, 2.05) is 19.2 Å². The molecule has 0 unspecified atom stereocenters. The molecule has 186 valence electrons. The van der Waals surface area contributed by atoms with Gasteiger partial charge < -0.3 is 10.3 Å². The number of hydrogen-bond acceptors (Lipinski definition) is 4. The number of anilines is 1. The van der Waals surface area contributed by atoms with Crippen LogP contribution in [0.5, 0.6) is 0 Å². The Labute approximate surface area is 206 Å². The van der Waals surface area contributed by atoms with Crippen molar-refractivity contribution in [2.24, 2.45) is 0 Å². The number of benzene rings is 2. The molecular formula is C26H32N4O4S. The monoisotopic (exact) mass is 496 g/mol. The Morgan fingerprint density at radius 2 is 1.89 bits per heavy atom. The zero-order chi connectivity index (χ0) is 25.3. The summed E-state index contributed by atoms with van der Waals surface area (Å²) in [4.78, 5) is 30.5. The molecule has 2 aromatic carbocycles. The first-order chi connectivity index (χ1) is 16.7. The number of sulfonamides is 1. The number of carbonyl (C=O) groups excluding carboxylic acids is 2. The van der Waals surface area contributed by atoms with Crippen molar-refractivity contribution in [1.29, 1.82) is 0 Å². The summed E-state index contributed by atoms with van der Waals surface area (Å²) in [5.74, 6) is -0.504. The molecule has 0 radical (unpaired) electrons. The molecule has 8 nitrogen and oxygen atoms in total. The van der Waals surface area contributed by atoms with Crippen molar-refractivity contribution in [3.05, 3.63) is 59.3 Å². The molecule has 0 saturated carbocycles. The average Bonchev–Trinajstić information content (AvgIpc) is 3.40. The number of carbonyl (C=O) groups is 2. The molecule has 0 spiro atoms. The van der Waals surface area contributed by atoms with E-state index in [-0.39, 0.29) is 23.1 Å². The van der Waals surface area contributed by atoms with Gasteiger partial charge in [0.25, 0.3) is 0 Å². The normalized spacial score (nSPS) is 15.6. The Kier molecular flexibility index (Phi) is 7.00. The lowest BCUT2D eigenvalue weighted by Crippen LogP contribution is -2.47. The first kappa shape index (κ1) is 24.9. The Morgan fingerprint density at radius 1 is 1.14 bits per heavy atom. The fourth-order valence-electron chi connectivity index (χ4n) is 4.84.